The summed E-state index contributed by atoms with van der Waals surface area (Å²) in [6.07, 6.45) is 2.78. The molecule has 1 unspecified atom stereocenters. The number of nitrogens with one attached hydrogen (secondary N) is 2. The third-order valence-electron chi connectivity index (χ3n) is 5.12. The third-order valence-corrected chi connectivity index (χ3v) is 6.23. The average Bonchev–Trinajstić information content (AvgIpc) is 3.20. The van der Waals surface area contributed by atoms with Crippen molar-refractivity contribution in [3.8, 4) is 5.75 Å². The molecule has 31 heavy (non-hydrogen) atoms. The predicted molar refractivity (Wildman–Crippen MR) is 122 cm³/mol. The Morgan fingerprint density at radius 3 is 2.48 bits per heavy atom. The van der Waals surface area contributed by atoms with Gasteiger partial charge in [-0.3, -0.25) is 4.79 Å². The van der Waals surface area contributed by atoms with E-state index in [-0.39, 0.29) is 10.7 Å². The van der Waals surface area contributed by atoms with E-state index >= 15 is 0 Å². The number of ketones is 1. The van der Waals surface area contributed by atoms with Crippen LogP contribution in [-0.2, 0) is 9.84 Å². The molecule has 4 rings (SSSR count). The van der Waals surface area contributed by atoms with Crippen LogP contribution in [0.1, 0.15) is 22.0 Å². The second-order valence-corrected chi connectivity index (χ2v) is 9.28. The zero-order chi connectivity index (χ0) is 22.0. The summed E-state index contributed by atoms with van der Waals surface area (Å²) in [5.74, 6) is 0.500. The van der Waals surface area contributed by atoms with E-state index in [1.807, 2.05) is 54.6 Å². The van der Waals surface area contributed by atoms with Crippen LogP contribution < -0.4 is 10.1 Å². The zero-order valence-electron chi connectivity index (χ0n) is 17.1. The van der Waals surface area contributed by atoms with Crippen molar-refractivity contribution >= 4 is 32.2 Å². The van der Waals surface area contributed by atoms with Gasteiger partial charge in [0.1, 0.15) is 11.8 Å². The number of carbonyl (C=O) groups excluding carboxylic acids is 1. The van der Waals surface area contributed by atoms with Gasteiger partial charge >= 0.3 is 0 Å². The number of aromatic nitrogens is 1. The van der Waals surface area contributed by atoms with Gasteiger partial charge in [0.15, 0.2) is 15.6 Å². The Morgan fingerprint density at radius 2 is 1.77 bits per heavy atom. The number of rotatable bonds is 7. The Morgan fingerprint density at radius 1 is 1.00 bits per heavy atom. The largest absolute Gasteiger partial charge is 0.497 e. The highest BCUT2D eigenvalue weighted by molar-refractivity contribution is 7.90. The first kappa shape index (κ1) is 20.7. The van der Waals surface area contributed by atoms with Gasteiger partial charge in [0.05, 0.1) is 12.0 Å². The number of sulfone groups is 1. The molecule has 3 aromatic carbocycles. The van der Waals surface area contributed by atoms with Crippen LogP contribution in [0.2, 0.25) is 0 Å². The molecule has 0 aliphatic heterocycles. The van der Waals surface area contributed by atoms with E-state index in [1.165, 1.54) is 6.07 Å². The normalized spacial score (nSPS) is 12.5. The maximum absolute atomic E-state index is 13.7. The molecule has 1 atom stereocenters. The highest BCUT2D eigenvalue weighted by Crippen LogP contribution is 2.30. The molecule has 0 fully saturated rings. The molecule has 0 amide bonds. The molecule has 0 aliphatic carbocycles. The number of hydrogen-bond acceptors (Lipinski definition) is 5. The highest BCUT2D eigenvalue weighted by atomic mass is 32.2. The van der Waals surface area contributed by atoms with E-state index in [1.54, 1.807) is 25.4 Å². The summed E-state index contributed by atoms with van der Waals surface area (Å²) >= 11 is 0. The standard InChI is InChI=1S/C24H22N2O4S/c1-30-18-10-6-9-17(13-18)26-23(16-7-4-3-5-8-16)24(27)21-15-25-22-12-11-19(14-20(21)22)31(2,28)29/h3-15,23,25-26H,1-2H3. The molecule has 1 aromatic heterocycles. The lowest BCUT2D eigenvalue weighted by Gasteiger charge is -2.20. The lowest BCUT2D eigenvalue weighted by atomic mass is 9.96. The second-order valence-electron chi connectivity index (χ2n) is 7.27. The molecule has 0 saturated heterocycles. The van der Waals surface area contributed by atoms with Crippen LogP contribution in [0.4, 0.5) is 5.69 Å². The third kappa shape index (κ3) is 4.32. The smallest absolute Gasteiger partial charge is 0.191 e. The van der Waals surface area contributed by atoms with Crippen molar-refractivity contribution in [2.75, 3.05) is 18.7 Å². The van der Waals surface area contributed by atoms with Crippen LogP contribution in [0.25, 0.3) is 10.9 Å². The van der Waals surface area contributed by atoms with Crippen molar-refractivity contribution < 1.29 is 17.9 Å². The minimum Gasteiger partial charge on any atom is -0.497 e. The summed E-state index contributed by atoms with van der Waals surface area (Å²) in [5, 5.41) is 3.88. The summed E-state index contributed by atoms with van der Waals surface area (Å²) in [6.45, 7) is 0. The molecular formula is C24H22N2O4S. The van der Waals surface area contributed by atoms with Gasteiger partial charge in [0.2, 0.25) is 0 Å². The van der Waals surface area contributed by atoms with Crippen LogP contribution in [0.5, 0.6) is 5.75 Å². The molecule has 1 heterocycles. The molecule has 6 nitrogen and oxygen atoms in total. The monoisotopic (exact) mass is 434 g/mol. The number of anilines is 1. The SMILES string of the molecule is COc1cccc(NC(C(=O)c2c[nH]c3ccc(S(C)(=O)=O)cc23)c2ccccc2)c1. The number of benzene rings is 3. The molecule has 0 saturated carbocycles. The van der Waals surface area contributed by atoms with Gasteiger partial charge in [-0.25, -0.2) is 8.42 Å². The first-order chi connectivity index (χ1) is 14.9. The number of Topliss-reactive ketones (excluding diaryl/α,β-unsaturated/α-hetero) is 1. The van der Waals surface area contributed by atoms with E-state index < -0.39 is 15.9 Å². The van der Waals surface area contributed by atoms with Gasteiger partial charge in [0.25, 0.3) is 0 Å². The number of methoxy groups -OCH3 is 1. The first-order valence-electron chi connectivity index (χ1n) is 9.68. The van der Waals surface area contributed by atoms with Crippen LogP contribution in [0.15, 0.2) is 83.9 Å². The van der Waals surface area contributed by atoms with Crippen molar-refractivity contribution in [1.82, 2.24) is 4.98 Å². The van der Waals surface area contributed by atoms with Crippen molar-refractivity contribution in [3.05, 3.63) is 90.1 Å². The van der Waals surface area contributed by atoms with Gasteiger partial charge < -0.3 is 15.0 Å². The molecule has 0 bridgehead atoms. The fourth-order valence-corrected chi connectivity index (χ4v) is 4.16. The van der Waals surface area contributed by atoms with Crippen molar-refractivity contribution in [2.24, 2.45) is 0 Å². The molecule has 7 heteroatoms. The number of H-pyrrole nitrogens is 1. The molecular weight excluding hydrogens is 412 g/mol. The first-order valence-corrected chi connectivity index (χ1v) is 11.6. The average molecular weight is 435 g/mol. The topological polar surface area (TPSA) is 88.3 Å². The molecule has 0 aliphatic rings. The van der Waals surface area contributed by atoms with Crippen LogP contribution in [0, 0.1) is 0 Å². The quantitative estimate of drug-likeness (QED) is 0.415. The lowest BCUT2D eigenvalue weighted by Crippen LogP contribution is -2.21. The summed E-state index contributed by atoms with van der Waals surface area (Å²) in [4.78, 5) is 16.9. The second kappa shape index (κ2) is 8.28. The minimum absolute atomic E-state index is 0.172. The van der Waals surface area contributed by atoms with Crippen LogP contribution in [0.3, 0.4) is 0 Å². The molecule has 158 valence electrons. The summed E-state index contributed by atoms with van der Waals surface area (Å²) < 4.78 is 29.3. The minimum atomic E-state index is -3.40. The van der Waals surface area contributed by atoms with E-state index in [0.29, 0.717) is 22.2 Å². The summed E-state index contributed by atoms with van der Waals surface area (Å²) in [6, 6.07) is 20.8. The number of carbonyl (C=O) groups is 1. The van der Waals surface area contributed by atoms with E-state index in [9.17, 15) is 13.2 Å². The lowest BCUT2D eigenvalue weighted by molar-refractivity contribution is 0.0971. The predicted octanol–water partition coefficient (Wildman–Crippen LogP) is 4.62. The van der Waals surface area contributed by atoms with Gasteiger partial charge in [-0.1, -0.05) is 36.4 Å². The summed E-state index contributed by atoms with van der Waals surface area (Å²) in [5.41, 5.74) is 2.65. The maximum Gasteiger partial charge on any atom is 0.191 e. The van der Waals surface area contributed by atoms with Gasteiger partial charge in [-0.15, -0.1) is 0 Å². The van der Waals surface area contributed by atoms with Gasteiger partial charge in [-0.2, -0.15) is 0 Å². The highest BCUT2D eigenvalue weighted by Gasteiger charge is 2.25. The van der Waals surface area contributed by atoms with Crippen LogP contribution in [-0.4, -0.2) is 32.6 Å². The van der Waals surface area contributed by atoms with E-state index in [2.05, 4.69) is 10.3 Å². The van der Waals surface area contributed by atoms with Crippen molar-refractivity contribution in [3.63, 3.8) is 0 Å². The number of ether oxygens (including phenoxy) is 1. The Labute approximate surface area is 180 Å². The van der Waals surface area contributed by atoms with Gasteiger partial charge in [0, 0.05) is 40.7 Å². The van der Waals surface area contributed by atoms with Gasteiger partial charge in [-0.05, 0) is 35.9 Å². The summed E-state index contributed by atoms with van der Waals surface area (Å²) in [7, 11) is -1.81. The van der Waals surface area contributed by atoms with Crippen LogP contribution >= 0.6 is 0 Å². The maximum atomic E-state index is 13.7. The molecule has 0 radical (unpaired) electrons. The Kier molecular flexibility index (Phi) is 5.52. The van der Waals surface area contributed by atoms with Crippen molar-refractivity contribution in [2.45, 2.75) is 10.9 Å². The zero-order valence-corrected chi connectivity index (χ0v) is 17.9. The van der Waals surface area contributed by atoms with Crippen molar-refractivity contribution in [1.29, 1.82) is 0 Å². The molecule has 4 aromatic rings. The fraction of sp³-hybridized carbons (Fsp3) is 0.125. The Hall–Kier alpha value is -3.58. The molecule has 2 N–H and O–H groups in total. The Bertz CT molecular complexity index is 1340. The Balaban J connectivity index is 1.79. The number of fused-ring (bicyclic) bond motifs is 1. The van der Waals surface area contributed by atoms with E-state index in [0.717, 1.165) is 17.5 Å². The fourth-order valence-electron chi connectivity index (χ4n) is 3.51. The molecule has 0 spiro atoms. The number of aromatic amines is 1. The van der Waals surface area contributed by atoms with E-state index in [4.69, 9.17) is 4.74 Å². The number of hydrogen-bond donors (Lipinski definition) is 2.